The number of methoxy groups -OCH3 is 1. The summed E-state index contributed by atoms with van der Waals surface area (Å²) in [7, 11) is 1.69. The van der Waals surface area contributed by atoms with Crippen molar-refractivity contribution >= 4 is 22.6 Å². The molecule has 0 aromatic heterocycles. The summed E-state index contributed by atoms with van der Waals surface area (Å²) in [6.45, 7) is 5.44. The molecule has 0 spiro atoms. The van der Waals surface area contributed by atoms with Gasteiger partial charge in [-0.15, -0.1) is 0 Å². The number of benzene rings is 1. The monoisotopic (exact) mass is 377 g/mol. The quantitative estimate of drug-likeness (QED) is 0.501. The molecule has 1 atom stereocenters. The van der Waals surface area contributed by atoms with Gasteiger partial charge in [-0.1, -0.05) is 12.1 Å². The number of unbranched alkanes of at least 4 members (excludes halogenated alkanes) is 1. The van der Waals surface area contributed by atoms with E-state index in [9.17, 15) is 0 Å². The molecule has 1 aromatic carbocycles. The molecule has 0 radical (unpaired) electrons. The number of hydrogen-bond donors (Lipinski definition) is 1. The van der Waals surface area contributed by atoms with Crippen LogP contribution in [0.2, 0.25) is 0 Å². The van der Waals surface area contributed by atoms with Crippen LogP contribution in [0.3, 0.4) is 0 Å². The van der Waals surface area contributed by atoms with Crippen molar-refractivity contribution in [3.05, 3.63) is 33.4 Å². The van der Waals surface area contributed by atoms with Crippen LogP contribution in [0.25, 0.3) is 0 Å². The lowest BCUT2D eigenvalue weighted by Crippen LogP contribution is -2.20. The molecule has 0 heterocycles. The number of hydrogen-bond acceptors (Lipinski definition) is 3. The first-order chi connectivity index (χ1) is 9.24. The van der Waals surface area contributed by atoms with Crippen molar-refractivity contribution < 1.29 is 9.47 Å². The smallest absolute Gasteiger partial charge is 0.0700 e. The summed E-state index contributed by atoms with van der Waals surface area (Å²) in [5, 5.41) is 3.54. The van der Waals surface area contributed by atoms with Gasteiger partial charge in [0.25, 0.3) is 0 Å². The molecule has 19 heavy (non-hydrogen) atoms. The van der Waals surface area contributed by atoms with E-state index in [-0.39, 0.29) is 0 Å². The molecule has 1 aromatic rings. The molecule has 0 bridgehead atoms. The van der Waals surface area contributed by atoms with Gasteiger partial charge in [0.2, 0.25) is 0 Å². The standard InChI is InChI=1S/C15H24INO2/c1-13(14-5-7-15(16)8-6-14)17-9-3-4-10-19-12-11-18-2/h5-8,13,17H,3-4,9-12H2,1-2H3. The van der Waals surface area contributed by atoms with Gasteiger partial charge >= 0.3 is 0 Å². The van der Waals surface area contributed by atoms with Crippen LogP contribution in [0.5, 0.6) is 0 Å². The van der Waals surface area contributed by atoms with Crippen molar-refractivity contribution in [1.82, 2.24) is 5.32 Å². The second-order valence-electron chi connectivity index (χ2n) is 4.54. The van der Waals surface area contributed by atoms with Gasteiger partial charge in [0, 0.05) is 23.3 Å². The van der Waals surface area contributed by atoms with Gasteiger partial charge in [-0.25, -0.2) is 0 Å². The topological polar surface area (TPSA) is 30.5 Å². The summed E-state index contributed by atoms with van der Waals surface area (Å²) < 4.78 is 11.6. The van der Waals surface area contributed by atoms with Gasteiger partial charge in [0.1, 0.15) is 0 Å². The molecule has 3 nitrogen and oxygen atoms in total. The summed E-state index contributed by atoms with van der Waals surface area (Å²) in [6, 6.07) is 9.09. The number of halogens is 1. The Morgan fingerprint density at radius 1 is 1.11 bits per heavy atom. The Balaban J connectivity index is 2.04. The van der Waals surface area contributed by atoms with Gasteiger partial charge in [0.05, 0.1) is 13.2 Å². The molecule has 0 fully saturated rings. The van der Waals surface area contributed by atoms with Crippen LogP contribution in [-0.4, -0.2) is 33.5 Å². The Hall–Kier alpha value is -0.170. The first-order valence-corrected chi connectivity index (χ1v) is 7.87. The van der Waals surface area contributed by atoms with Gasteiger partial charge in [0.15, 0.2) is 0 Å². The molecule has 4 heteroatoms. The fraction of sp³-hybridized carbons (Fsp3) is 0.600. The number of ether oxygens (including phenoxy) is 2. The third-order valence-corrected chi connectivity index (χ3v) is 3.69. The Morgan fingerprint density at radius 2 is 1.84 bits per heavy atom. The van der Waals surface area contributed by atoms with Crippen molar-refractivity contribution in [3.63, 3.8) is 0 Å². The van der Waals surface area contributed by atoms with E-state index in [0.29, 0.717) is 19.3 Å². The van der Waals surface area contributed by atoms with E-state index in [4.69, 9.17) is 9.47 Å². The fourth-order valence-electron chi connectivity index (χ4n) is 1.76. The first kappa shape index (κ1) is 16.9. The van der Waals surface area contributed by atoms with E-state index < -0.39 is 0 Å². The second kappa shape index (κ2) is 10.6. The highest BCUT2D eigenvalue weighted by Gasteiger charge is 2.03. The maximum absolute atomic E-state index is 5.43. The SMILES string of the molecule is COCCOCCCCNC(C)c1ccc(I)cc1. The molecule has 0 aliphatic heterocycles. The molecular weight excluding hydrogens is 353 g/mol. The second-order valence-corrected chi connectivity index (χ2v) is 5.79. The normalized spacial score (nSPS) is 12.6. The summed E-state index contributed by atoms with van der Waals surface area (Å²) >= 11 is 2.33. The first-order valence-electron chi connectivity index (χ1n) is 6.79. The van der Waals surface area contributed by atoms with Crippen molar-refractivity contribution in [3.8, 4) is 0 Å². The maximum Gasteiger partial charge on any atom is 0.0700 e. The van der Waals surface area contributed by atoms with Crippen LogP contribution in [0.1, 0.15) is 31.4 Å². The Kier molecular flexibility index (Phi) is 9.42. The molecule has 0 saturated carbocycles. The van der Waals surface area contributed by atoms with Crippen LogP contribution < -0.4 is 5.32 Å². The van der Waals surface area contributed by atoms with Crippen LogP contribution >= 0.6 is 22.6 Å². The van der Waals surface area contributed by atoms with E-state index in [0.717, 1.165) is 26.0 Å². The maximum atomic E-state index is 5.43. The minimum Gasteiger partial charge on any atom is -0.382 e. The van der Waals surface area contributed by atoms with Crippen LogP contribution in [0, 0.1) is 3.57 Å². The summed E-state index contributed by atoms with van der Waals surface area (Å²) in [4.78, 5) is 0. The molecule has 108 valence electrons. The van der Waals surface area contributed by atoms with Crippen molar-refractivity contribution in [2.75, 3.05) is 33.5 Å². The lowest BCUT2D eigenvalue weighted by molar-refractivity contribution is 0.0687. The van der Waals surface area contributed by atoms with E-state index in [2.05, 4.69) is 59.1 Å². The molecule has 1 unspecified atom stereocenters. The highest BCUT2D eigenvalue weighted by atomic mass is 127. The van der Waals surface area contributed by atoms with E-state index >= 15 is 0 Å². The van der Waals surface area contributed by atoms with Crippen molar-refractivity contribution in [2.45, 2.75) is 25.8 Å². The molecule has 0 aliphatic carbocycles. The molecular formula is C15H24INO2. The number of nitrogens with one attached hydrogen (secondary N) is 1. The van der Waals surface area contributed by atoms with E-state index in [1.807, 2.05) is 0 Å². The minimum absolute atomic E-state index is 0.409. The average molecular weight is 377 g/mol. The summed E-state index contributed by atoms with van der Waals surface area (Å²) in [6.07, 6.45) is 2.23. The van der Waals surface area contributed by atoms with Gasteiger partial charge in [-0.2, -0.15) is 0 Å². The zero-order chi connectivity index (χ0) is 13.9. The Morgan fingerprint density at radius 3 is 2.53 bits per heavy atom. The largest absolute Gasteiger partial charge is 0.382 e. The fourth-order valence-corrected chi connectivity index (χ4v) is 2.12. The summed E-state index contributed by atoms with van der Waals surface area (Å²) in [5.74, 6) is 0. The third kappa shape index (κ3) is 7.87. The Labute approximate surface area is 130 Å². The highest BCUT2D eigenvalue weighted by molar-refractivity contribution is 14.1. The highest BCUT2D eigenvalue weighted by Crippen LogP contribution is 2.14. The van der Waals surface area contributed by atoms with E-state index in [1.54, 1.807) is 7.11 Å². The zero-order valence-corrected chi connectivity index (χ0v) is 14.0. The lowest BCUT2D eigenvalue weighted by Gasteiger charge is -2.14. The average Bonchev–Trinajstić information content (AvgIpc) is 2.42. The molecule has 0 amide bonds. The summed E-state index contributed by atoms with van der Waals surface area (Å²) in [5.41, 5.74) is 1.34. The zero-order valence-electron chi connectivity index (χ0n) is 11.8. The van der Waals surface area contributed by atoms with Gasteiger partial charge in [-0.3, -0.25) is 0 Å². The molecule has 0 aliphatic rings. The van der Waals surface area contributed by atoms with Crippen molar-refractivity contribution in [1.29, 1.82) is 0 Å². The van der Waals surface area contributed by atoms with Crippen LogP contribution in [0.4, 0.5) is 0 Å². The van der Waals surface area contributed by atoms with Crippen molar-refractivity contribution in [2.24, 2.45) is 0 Å². The predicted octanol–water partition coefficient (Wildman–Crippen LogP) is 3.39. The van der Waals surface area contributed by atoms with Gasteiger partial charge in [-0.05, 0) is 66.6 Å². The van der Waals surface area contributed by atoms with Crippen LogP contribution in [0.15, 0.2) is 24.3 Å². The minimum atomic E-state index is 0.409. The lowest BCUT2D eigenvalue weighted by atomic mass is 10.1. The van der Waals surface area contributed by atoms with Crippen LogP contribution in [-0.2, 0) is 9.47 Å². The number of rotatable bonds is 10. The Bertz CT molecular complexity index is 329. The molecule has 1 rings (SSSR count). The predicted molar refractivity (Wildman–Crippen MR) is 87.5 cm³/mol. The molecule has 0 saturated heterocycles. The van der Waals surface area contributed by atoms with Gasteiger partial charge < -0.3 is 14.8 Å². The third-order valence-electron chi connectivity index (χ3n) is 2.97. The van der Waals surface area contributed by atoms with E-state index in [1.165, 1.54) is 9.13 Å². The molecule has 1 N–H and O–H groups in total.